The predicted molar refractivity (Wildman–Crippen MR) is 83.0 cm³/mol. The van der Waals surface area contributed by atoms with Crippen molar-refractivity contribution in [1.29, 1.82) is 0 Å². The summed E-state index contributed by atoms with van der Waals surface area (Å²) in [5, 5.41) is 5.74. The van der Waals surface area contributed by atoms with Crippen molar-refractivity contribution in [2.24, 2.45) is 5.41 Å². The fourth-order valence-electron chi connectivity index (χ4n) is 2.13. The van der Waals surface area contributed by atoms with E-state index in [1.54, 1.807) is 0 Å². The molecule has 2 N–H and O–H groups in total. The first-order valence-corrected chi connectivity index (χ1v) is 7.25. The highest BCUT2D eigenvalue weighted by Gasteiger charge is 2.20. The third kappa shape index (κ3) is 4.21. The summed E-state index contributed by atoms with van der Waals surface area (Å²) in [4.78, 5) is 25.3. The zero-order chi connectivity index (χ0) is 15.5. The van der Waals surface area contributed by atoms with Gasteiger partial charge < -0.3 is 15.5 Å². The number of piperazine rings is 1. The van der Waals surface area contributed by atoms with Crippen LogP contribution < -0.4 is 15.5 Å². The number of hydrogen-bond donors (Lipinski definition) is 2. The van der Waals surface area contributed by atoms with Crippen LogP contribution in [0.5, 0.6) is 0 Å². The number of amides is 2. The second kappa shape index (κ2) is 6.16. The molecule has 5 heteroatoms. The average molecular weight is 289 g/mol. The Hall–Kier alpha value is -2.04. The Morgan fingerprint density at radius 1 is 1.29 bits per heavy atom. The van der Waals surface area contributed by atoms with Gasteiger partial charge in [-0.2, -0.15) is 0 Å². The molecule has 0 aliphatic carbocycles. The first-order valence-electron chi connectivity index (χ1n) is 7.25. The molecule has 0 aromatic heterocycles. The van der Waals surface area contributed by atoms with E-state index in [1.165, 1.54) is 0 Å². The summed E-state index contributed by atoms with van der Waals surface area (Å²) < 4.78 is 0. The third-order valence-corrected chi connectivity index (χ3v) is 3.47. The van der Waals surface area contributed by atoms with E-state index in [0.717, 1.165) is 17.8 Å². The molecule has 5 nitrogen and oxygen atoms in total. The van der Waals surface area contributed by atoms with E-state index in [1.807, 2.05) is 45.0 Å². The second-order valence-electron chi connectivity index (χ2n) is 6.37. The molecule has 0 atom stereocenters. The van der Waals surface area contributed by atoms with Gasteiger partial charge in [0.25, 0.3) is 0 Å². The Morgan fingerprint density at radius 2 is 1.95 bits per heavy atom. The summed E-state index contributed by atoms with van der Waals surface area (Å²) in [6, 6.07) is 7.98. The molecule has 0 unspecified atom stereocenters. The Kier molecular flexibility index (Phi) is 4.50. The van der Waals surface area contributed by atoms with Crippen LogP contribution in [-0.2, 0) is 16.1 Å². The molecule has 0 radical (unpaired) electrons. The van der Waals surface area contributed by atoms with E-state index in [4.69, 9.17) is 0 Å². The zero-order valence-corrected chi connectivity index (χ0v) is 12.9. The molecule has 1 aromatic rings. The normalized spacial score (nSPS) is 15.6. The summed E-state index contributed by atoms with van der Waals surface area (Å²) in [5.41, 5.74) is 1.72. The number of rotatable bonds is 3. The number of anilines is 1. The molecule has 114 valence electrons. The van der Waals surface area contributed by atoms with Crippen LogP contribution in [0.2, 0.25) is 0 Å². The lowest BCUT2D eigenvalue weighted by molar-refractivity contribution is -0.128. The van der Waals surface area contributed by atoms with Gasteiger partial charge in [0.15, 0.2) is 0 Å². The minimum atomic E-state index is -0.374. The molecule has 1 aromatic carbocycles. The SMILES string of the molecule is CC(C)(C)C(=O)NCc1ccc(N2CCNC(=O)C2)cc1. The smallest absolute Gasteiger partial charge is 0.239 e. The monoisotopic (exact) mass is 289 g/mol. The molecule has 2 amide bonds. The van der Waals surface area contributed by atoms with Gasteiger partial charge in [-0.1, -0.05) is 32.9 Å². The number of nitrogens with one attached hydrogen (secondary N) is 2. The second-order valence-corrected chi connectivity index (χ2v) is 6.37. The average Bonchev–Trinajstić information content (AvgIpc) is 2.44. The molecular weight excluding hydrogens is 266 g/mol. The van der Waals surface area contributed by atoms with Crippen LogP contribution in [0.15, 0.2) is 24.3 Å². The van der Waals surface area contributed by atoms with Gasteiger partial charge in [0.2, 0.25) is 11.8 Å². The van der Waals surface area contributed by atoms with E-state index >= 15 is 0 Å². The maximum absolute atomic E-state index is 11.8. The molecular formula is C16H23N3O2. The van der Waals surface area contributed by atoms with Gasteiger partial charge >= 0.3 is 0 Å². The van der Waals surface area contributed by atoms with Crippen LogP contribution in [0.25, 0.3) is 0 Å². The molecule has 1 heterocycles. The van der Waals surface area contributed by atoms with Crippen molar-refractivity contribution >= 4 is 17.5 Å². The van der Waals surface area contributed by atoms with Gasteiger partial charge in [0.1, 0.15) is 0 Å². The van der Waals surface area contributed by atoms with Crippen molar-refractivity contribution in [2.75, 3.05) is 24.5 Å². The van der Waals surface area contributed by atoms with Crippen LogP contribution in [0.3, 0.4) is 0 Å². The standard InChI is InChI=1S/C16H23N3O2/c1-16(2,3)15(21)18-10-12-4-6-13(7-5-12)19-9-8-17-14(20)11-19/h4-7H,8-11H2,1-3H3,(H,17,20)(H,18,21). The van der Waals surface area contributed by atoms with Crippen molar-refractivity contribution in [2.45, 2.75) is 27.3 Å². The van der Waals surface area contributed by atoms with E-state index in [-0.39, 0.29) is 17.2 Å². The zero-order valence-electron chi connectivity index (χ0n) is 12.9. The van der Waals surface area contributed by atoms with Gasteiger partial charge in [-0.3, -0.25) is 9.59 Å². The molecule has 0 saturated carbocycles. The Balaban J connectivity index is 1.93. The van der Waals surface area contributed by atoms with Gasteiger partial charge in [-0.05, 0) is 17.7 Å². The highest BCUT2D eigenvalue weighted by Crippen LogP contribution is 2.17. The molecule has 2 rings (SSSR count). The van der Waals surface area contributed by atoms with Crippen LogP contribution in [0.1, 0.15) is 26.3 Å². The molecule has 1 fully saturated rings. The molecule has 0 bridgehead atoms. The summed E-state index contributed by atoms with van der Waals surface area (Å²) in [6.45, 7) is 8.12. The van der Waals surface area contributed by atoms with Gasteiger partial charge in [-0.15, -0.1) is 0 Å². The topological polar surface area (TPSA) is 61.4 Å². The number of carbonyl (C=O) groups is 2. The maximum Gasteiger partial charge on any atom is 0.239 e. The quantitative estimate of drug-likeness (QED) is 0.881. The van der Waals surface area contributed by atoms with E-state index in [0.29, 0.717) is 19.6 Å². The first kappa shape index (κ1) is 15.4. The van der Waals surface area contributed by atoms with Gasteiger partial charge in [-0.25, -0.2) is 0 Å². The summed E-state index contributed by atoms with van der Waals surface area (Å²) in [6.07, 6.45) is 0. The largest absolute Gasteiger partial charge is 0.360 e. The van der Waals surface area contributed by atoms with Crippen molar-refractivity contribution in [1.82, 2.24) is 10.6 Å². The van der Waals surface area contributed by atoms with Crippen LogP contribution >= 0.6 is 0 Å². The number of benzene rings is 1. The number of carbonyl (C=O) groups excluding carboxylic acids is 2. The summed E-state index contributed by atoms with van der Waals surface area (Å²) in [7, 11) is 0. The Morgan fingerprint density at radius 3 is 2.52 bits per heavy atom. The first-order chi connectivity index (χ1) is 9.86. The van der Waals surface area contributed by atoms with Crippen LogP contribution in [0, 0.1) is 5.41 Å². The molecule has 0 spiro atoms. The minimum absolute atomic E-state index is 0.0410. The predicted octanol–water partition coefficient (Wildman–Crippen LogP) is 1.29. The molecule has 1 aliphatic rings. The fourth-order valence-corrected chi connectivity index (χ4v) is 2.13. The lowest BCUT2D eigenvalue weighted by atomic mass is 9.95. The molecule has 1 saturated heterocycles. The maximum atomic E-state index is 11.8. The third-order valence-electron chi connectivity index (χ3n) is 3.47. The molecule has 21 heavy (non-hydrogen) atoms. The van der Waals surface area contributed by atoms with Gasteiger partial charge in [0.05, 0.1) is 6.54 Å². The van der Waals surface area contributed by atoms with Crippen molar-refractivity contribution in [3.63, 3.8) is 0 Å². The highest BCUT2D eigenvalue weighted by atomic mass is 16.2. The van der Waals surface area contributed by atoms with Crippen molar-refractivity contribution in [3.8, 4) is 0 Å². The van der Waals surface area contributed by atoms with Crippen molar-refractivity contribution < 1.29 is 9.59 Å². The summed E-state index contributed by atoms with van der Waals surface area (Å²) >= 11 is 0. The Bertz CT molecular complexity index is 517. The van der Waals surface area contributed by atoms with E-state index in [9.17, 15) is 9.59 Å². The molecule has 1 aliphatic heterocycles. The van der Waals surface area contributed by atoms with E-state index < -0.39 is 0 Å². The minimum Gasteiger partial charge on any atom is -0.360 e. The van der Waals surface area contributed by atoms with Crippen LogP contribution in [-0.4, -0.2) is 31.4 Å². The lowest BCUT2D eigenvalue weighted by Gasteiger charge is -2.28. The van der Waals surface area contributed by atoms with Gasteiger partial charge in [0, 0.05) is 30.7 Å². The lowest BCUT2D eigenvalue weighted by Crippen LogP contribution is -2.47. The number of hydrogen-bond acceptors (Lipinski definition) is 3. The van der Waals surface area contributed by atoms with E-state index in [2.05, 4.69) is 15.5 Å². The van der Waals surface area contributed by atoms with Crippen LogP contribution in [0.4, 0.5) is 5.69 Å². The van der Waals surface area contributed by atoms with Crippen molar-refractivity contribution in [3.05, 3.63) is 29.8 Å². The Labute approximate surface area is 125 Å². The summed E-state index contributed by atoms with van der Waals surface area (Å²) in [5.74, 6) is 0.0991. The fraction of sp³-hybridized carbons (Fsp3) is 0.500. The highest BCUT2D eigenvalue weighted by molar-refractivity contribution is 5.82. The number of nitrogens with zero attached hydrogens (tertiary/aromatic N) is 1.